The van der Waals surface area contributed by atoms with E-state index in [9.17, 15) is 9.59 Å². The normalized spacial score (nSPS) is 18.7. The quantitative estimate of drug-likeness (QED) is 0.475. The zero-order valence-corrected chi connectivity index (χ0v) is 12.5. The molecule has 4 heteroatoms. The molecule has 1 aromatic rings. The van der Waals surface area contributed by atoms with E-state index in [1.54, 1.807) is 6.92 Å². The van der Waals surface area contributed by atoms with E-state index >= 15 is 0 Å². The number of fused-ring (bicyclic) bond motifs is 1. The average molecular weight is 325 g/mol. The van der Waals surface area contributed by atoms with Gasteiger partial charge in [-0.05, 0) is 55.4 Å². The van der Waals surface area contributed by atoms with Crippen LogP contribution in [0.25, 0.3) is 0 Å². The van der Waals surface area contributed by atoms with Crippen molar-refractivity contribution >= 4 is 28.2 Å². The number of alkyl halides is 1. The summed E-state index contributed by atoms with van der Waals surface area (Å²) in [5.74, 6) is 0.210. The molecule has 2 rings (SSSR count). The molecule has 0 saturated heterocycles. The monoisotopic (exact) mass is 324 g/mol. The molecule has 0 aliphatic heterocycles. The highest BCUT2D eigenvalue weighted by molar-refractivity contribution is 9.09. The molecule has 0 aromatic heterocycles. The van der Waals surface area contributed by atoms with Gasteiger partial charge in [0.1, 0.15) is 6.29 Å². The van der Waals surface area contributed by atoms with E-state index in [1.807, 2.05) is 18.2 Å². The molecule has 0 saturated carbocycles. The highest BCUT2D eigenvalue weighted by Gasteiger charge is 2.24. The number of halogens is 1. The average Bonchev–Trinajstić information content (AvgIpc) is 2.79. The molecule has 0 spiro atoms. The van der Waals surface area contributed by atoms with E-state index in [0.717, 1.165) is 25.5 Å². The lowest BCUT2D eigenvalue weighted by atomic mass is 10.0. The van der Waals surface area contributed by atoms with Gasteiger partial charge in [-0.15, -0.1) is 0 Å². The van der Waals surface area contributed by atoms with Crippen molar-refractivity contribution in [3.05, 3.63) is 34.9 Å². The van der Waals surface area contributed by atoms with Gasteiger partial charge in [0.15, 0.2) is 0 Å². The van der Waals surface area contributed by atoms with Gasteiger partial charge in [0.05, 0.1) is 17.0 Å². The minimum Gasteiger partial charge on any atom is -0.462 e. The van der Waals surface area contributed by atoms with Gasteiger partial charge in [0, 0.05) is 0 Å². The molecule has 2 unspecified atom stereocenters. The Morgan fingerprint density at radius 2 is 2.21 bits per heavy atom. The summed E-state index contributed by atoms with van der Waals surface area (Å²) in [7, 11) is 0. The number of carbonyl (C=O) groups excluding carboxylic acids is 2. The van der Waals surface area contributed by atoms with Gasteiger partial charge >= 0.3 is 5.97 Å². The minimum absolute atomic E-state index is 0.0728. The van der Waals surface area contributed by atoms with E-state index < -0.39 is 0 Å². The molecule has 0 amide bonds. The Morgan fingerprint density at radius 3 is 2.89 bits per heavy atom. The molecular formula is C15H17BrO3. The molecule has 1 aromatic carbocycles. The largest absolute Gasteiger partial charge is 0.462 e. The number of aldehydes is 1. The second-order valence-corrected chi connectivity index (χ2v) is 6.04. The van der Waals surface area contributed by atoms with Crippen LogP contribution in [0.4, 0.5) is 0 Å². The lowest BCUT2D eigenvalue weighted by Gasteiger charge is -2.09. The standard InChI is InChI=1S/C15H17BrO3/c1-2-19-15(18)12-4-3-11-5-10(6-13(11)8-12)7-14(16)9-17/h3-4,8-10,14H,2,5-7H2,1H3. The maximum Gasteiger partial charge on any atom is 0.338 e. The molecule has 0 fully saturated rings. The van der Waals surface area contributed by atoms with Gasteiger partial charge in [-0.25, -0.2) is 4.79 Å². The van der Waals surface area contributed by atoms with Crippen LogP contribution in [0.3, 0.4) is 0 Å². The van der Waals surface area contributed by atoms with Crippen molar-refractivity contribution in [3.63, 3.8) is 0 Å². The number of rotatable bonds is 5. The third kappa shape index (κ3) is 3.44. The van der Waals surface area contributed by atoms with E-state index in [4.69, 9.17) is 4.74 Å². The number of esters is 1. The summed E-state index contributed by atoms with van der Waals surface area (Å²) in [6.45, 7) is 2.19. The Kier molecular flexibility index (Phi) is 4.75. The van der Waals surface area contributed by atoms with E-state index in [1.165, 1.54) is 11.1 Å². The summed E-state index contributed by atoms with van der Waals surface area (Å²) in [4.78, 5) is 22.3. The molecule has 102 valence electrons. The second-order valence-electron chi connectivity index (χ2n) is 4.87. The van der Waals surface area contributed by atoms with Crippen molar-refractivity contribution in [2.75, 3.05) is 6.61 Å². The first-order chi connectivity index (χ1) is 9.13. The second kappa shape index (κ2) is 6.33. The lowest BCUT2D eigenvalue weighted by molar-refractivity contribution is -0.107. The third-order valence-corrected chi connectivity index (χ3v) is 4.03. The van der Waals surface area contributed by atoms with Crippen LogP contribution in [0, 0.1) is 5.92 Å². The zero-order chi connectivity index (χ0) is 13.8. The Labute approximate surface area is 121 Å². The summed E-state index contributed by atoms with van der Waals surface area (Å²) >= 11 is 3.35. The molecule has 0 N–H and O–H groups in total. The van der Waals surface area contributed by atoms with Crippen molar-refractivity contribution in [1.82, 2.24) is 0 Å². The summed E-state index contributed by atoms with van der Waals surface area (Å²) in [5.41, 5.74) is 3.11. The van der Waals surface area contributed by atoms with Crippen molar-refractivity contribution in [3.8, 4) is 0 Å². The van der Waals surface area contributed by atoms with Crippen LogP contribution in [0.1, 0.15) is 34.8 Å². The van der Waals surface area contributed by atoms with Crippen molar-refractivity contribution < 1.29 is 14.3 Å². The van der Waals surface area contributed by atoms with Gasteiger partial charge in [0.25, 0.3) is 0 Å². The van der Waals surface area contributed by atoms with Crippen molar-refractivity contribution in [2.24, 2.45) is 5.92 Å². The third-order valence-electron chi connectivity index (χ3n) is 3.44. The fraction of sp³-hybridized carbons (Fsp3) is 0.467. The van der Waals surface area contributed by atoms with E-state index in [0.29, 0.717) is 18.1 Å². The molecular weight excluding hydrogens is 308 g/mol. The Bertz CT molecular complexity index is 484. The maximum atomic E-state index is 11.7. The van der Waals surface area contributed by atoms with Crippen LogP contribution < -0.4 is 0 Å². The number of hydrogen-bond acceptors (Lipinski definition) is 3. The SMILES string of the molecule is CCOC(=O)c1ccc2c(c1)CC(CC(Br)C=O)C2. The number of hydrogen-bond donors (Lipinski definition) is 0. The molecule has 0 bridgehead atoms. The molecule has 19 heavy (non-hydrogen) atoms. The van der Waals surface area contributed by atoms with Gasteiger partial charge < -0.3 is 9.53 Å². The highest BCUT2D eigenvalue weighted by Crippen LogP contribution is 2.31. The van der Waals surface area contributed by atoms with Gasteiger partial charge in [-0.3, -0.25) is 0 Å². The molecule has 0 radical (unpaired) electrons. The summed E-state index contributed by atoms with van der Waals surface area (Å²) in [6, 6.07) is 5.76. The first-order valence-electron chi connectivity index (χ1n) is 6.52. The topological polar surface area (TPSA) is 43.4 Å². The fourth-order valence-corrected chi connectivity index (χ4v) is 3.12. The van der Waals surface area contributed by atoms with Crippen LogP contribution in [0.15, 0.2) is 18.2 Å². The molecule has 3 nitrogen and oxygen atoms in total. The number of benzene rings is 1. The first-order valence-corrected chi connectivity index (χ1v) is 7.44. The van der Waals surface area contributed by atoms with Crippen molar-refractivity contribution in [2.45, 2.75) is 31.0 Å². The smallest absolute Gasteiger partial charge is 0.338 e. The summed E-state index contributed by atoms with van der Waals surface area (Å²) in [6.07, 6.45) is 3.69. The van der Waals surface area contributed by atoms with Crippen molar-refractivity contribution in [1.29, 1.82) is 0 Å². The summed E-state index contributed by atoms with van der Waals surface area (Å²) < 4.78 is 5.00. The van der Waals surface area contributed by atoms with Crippen LogP contribution in [0.5, 0.6) is 0 Å². The van der Waals surface area contributed by atoms with Gasteiger partial charge in [-0.2, -0.15) is 0 Å². The molecule has 1 aliphatic carbocycles. The molecule has 0 heterocycles. The predicted molar refractivity (Wildman–Crippen MR) is 76.7 cm³/mol. The number of ether oxygens (including phenoxy) is 1. The Hall–Kier alpha value is -1.16. The summed E-state index contributed by atoms with van der Waals surface area (Å²) in [5, 5.41) is 0. The predicted octanol–water partition coefficient (Wildman–Crippen LogP) is 2.93. The molecule has 1 aliphatic rings. The Balaban J connectivity index is 2.07. The zero-order valence-electron chi connectivity index (χ0n) is 10.9. The number of carbonyl (C=O) groups is 2. The minimum atomic E-state index is -0.264. The molecule has 2 atom stereocenters. The fourth-order valence-electron chi connectivity index (χ4n) is 2.59. The lowest BCUT2D eigenvalue weighted by Crippen LogP contribution is -2.09. The maximum absolute atomic E-state index is 11.7. The van der Waals surface area contributed by atoms with E-state index in [-0.39, 0.29) is 10.8 Å². The van der Waals surface area contributed by atoms with E-state index in [2.05, 4.69) is 15.9 Å². The van der Waals surface area contributed by atoms with Crippen LogP contribution in [-0.2, 0) is 22.4 Å². The van der Waals surface area contributed by atoms with Crippen LogP contribution in [-0.4, -0.2) is 23.7 Å². The highest BCUT2D eigenvalue weighted by atomic mass is 79.9. The van der Waals surface area contributed by atoms with Crippen LogP contribution in [0.2, 0.25) is 0 Å². The van der Waals surface area contributed by atoms with Gasteiger partial charge in [-0.1, -0.05) is 22.0 Å². The first kappa shape index (κ1) is 14.3. The Morgan fingerprint density at radius 1 is 1.47 bits per heavy atom. The van der Waals surface area contributed by atoms with Gasteiger partial charge in [0.2, 0.25) is 0 Å². The van der Waals surface area contributed by atoms with Crippen LogP contribution >= 0.6 is 15.9 Å².